The topological polar surface area (TPSA) is 99.2 Å². The molecule has 38 heavy (non-hydrogen) atoms. The predicted octanol–water partition coefficient (Wildman–Crippen LogP) is 5.13. The normalized spacial score (nSPS) is 16.9. The van der Waals surface area contributed by atoms with Crippen molar-refractivity contribution < 1.29 is 17.9 Å². The molecule has 5 aromatic rings. The third kappa shape index (κ3) is 3.06. The number of benzene rings is 1. The summed E-state index contributed by atoms with van der Waals surface area (Å²) in [5.41, 5.74) is 8.24. The fourth-order valence-corrected chi connectivity index (χ4v) is 5.12. The van der Waals surface area contributed by atoms with Gasteiger partial charge in [0.25, 0.3) is 5.95 Å². The molecule has 0 saturated heterocycles. The zero-order valence-corrected chi connectivity index (χ0v) is 19.4. The summed E-state index contributed by atoms with van der Waals surface area (Å²) in [6, 6.07) is 14.2. The van der Waals surface area contributed by atoms with Crippen LogP contribution in [-0.4, -0.2) is 25.8 Å². The minimum Gasteiger partial charge on any atom is -0.452 e. The number of rotatable bonds is 2. The van der Waals surface area contributed by atoms with Crippen molar-refractivity contribution in [1.29, 1.82) is 0 Å². The van der Waals surface area contributed by atoms with Gasteiger partial charge in [-0.25, -0.2) is 19.9 Å². The maximum atomic E-state index is 15.6. The monoisotopic (exact) mass is 508 g/mol. The Bertz CT molecular complexity index is 1830. The Morgan fingerprint density at radius 1 is 0.763 bits per heavy atom. The third-order valence-electron chi connectivity index (χ3n) is 6.77. The standard InChI is InChI=1S/C28H15F3N6O/c29-23-11-15(5-9-34-23)21-12-19-24(26(31)36-21)38-22-4-3-14(16-2-1-7-35-25(16)30)10-18(22)28(19)20-13-33-8-6-17(20)27(32)37-28/h1-13H,(H2,32,37)/t28-/m0/s1. The number of nitrogens with two attached hydrogens (primary N) is 1. The summed E-state index contributed by atoms with van der Waals surface area (Å²) >= 11 is 0. The Hall–Kier alpha value is -5.12. The summed E-state index contributed by atoms with van der Waals surface area (Å²) in [5, 5.41) is 0. The number of nitrogens with zero attached hydrogens (tertiary/aromatic N) is 5. The van der Waals surface area contributed by atoms with Gasteiger partial charge in [0.15, 0.2) is 5.75 Å². The first-order valence-electron chi connectivity index (χ1n) is 11.5. The van der Waals surface area contributed by atoms with E-state index in [0.29, 0.717) is 39.1 Å². The van der Waals surface area contributed by atoms with E-state index in [4.69, 9.17) is 15.5 Å². The van der Waals surface area contributed by atoms with Crippen molar-refractivity contribution in [3.05, 3.63) is 119 Å². The van der Waals surface area contributed by atoms with Crippen LogP contribution in [0.3, 0.4) is 0 Å². The van der Waals surface area contributed by atoms with Crippen LogP contribution in [0.1, 0.15) is 22.3 Å². The number of hydrogen-bond acceptors (Lipinski definition) is 7. The minimum atomic E-state index is -1.39. The largest absolute Gasteiger partial charge is 0.452 e. The van der Waals surface area contributed by atoms with Crippen LogP contribution in [0.25, 0.3) is 22.4 Å². The average molecular weight is 508 g/mol. The number of halogens is 3. The highest BCUT2D eigenvalue weighted by molar-refractivity contribution is 6.03. The minimum absolute atomic E-state index is 0.148. The Morgan fingerprint density at radius 3 is 2.50 bits per heavy atom. The molecule has 1 atom stereocenters. The smallest absolute Gasteiger partial charge is 0.256 e. The Balaban J connectivity index is 1.56. The highest BCUT2D eigenvalue weighted by Crippen LogP contribution is 2.56. The molecule has 1 spiro atoms. The molecular weight excluding hydrogens is 493 g/mol. The molecule has 0 aliphatic carbocycles. The van der Waals surface area contributed by atoms with Crippen LogP contribution < -0.4 is 10.5 Å². The first-order valence-corrected chi connectivity index (χ1v) is 11.5. The van der Waals surface area contributed by atoms with Crippen LogP contribution in [0.4, 0.5) is 13.2 Å². The van der Waals surface area contributed by atoms with E-state index in [1.807, 2.05) is 0 Å². The number of amidine groups is 1. The maximum Gasteiger partial charge on any atom is 0.256 e. The number of aromatic nitrogens is 4. The van der Waals surface area contributed by atoms with Gasteiger partial charge in [0.05, 0.1) is 5.69 Å². The van der Waals surface area contributed by atoms with Gasteiger partial charge < -0.3 is 10.5 Å². The molecule has 0 amide bonds. The SMILES string of the molecule is NC1=N[C@]2(c3cc(-c4cccnc4F)ccc3Oc3c2cc(-c2ccnc(F)c2)nc3F)c2cnccc21. The summed E-state index contributed by atoms with van der Waals surface area (Å²) in [6.45, 7) is 0. The number of pyridine rings is 4. The van der Waals surface area contributed by atoms with Crippen LogP contribution >= 0.6 is 0 Å². The number of fused-ring (bicyclic) bond motifs is 6. The van der Waals surface area contributed by atoms with E-state index in [9.17, 15) is 8.78 Å². The fourth-order valence-electron chi connectivity index (χ4n) is 5.12. The highest BCUT2D eigenvalue weighted by Gasteiger charge is 2.50. The van der Waals surface area contributed by atoms with Crippen molar-refractivity contribution in [1.82, 2.24) is 19.9 Å². The lowest BCUT2D eigenvalue weighted by Gasteiger charge is -2.36. The van der Waals surface area contributed by atoms with Crippen LogP contribution in [0.15, 0.2) is 84.4 Å². The zero-order chi connectivity index (χ0) is 26.0. The highest BCUT2D eigenvalue weighted by atomic mass is 19.1. The van der Waals surface area contributed by atoms with Gasteiger partial charge in [0.1, 0.15) is 17.1 Å². The van der Waals surface area contributed by atoms with Gasteiger partial charge in [-0.3, -0.25) is 4.98 Å². The molecule has 6 heterocycles. The molecular formula is C28H15F3N6O. The predicted molar refractivity (Wildman–Crippen MR) is 132 cm³/mol. The van der Waals surface area contributed by atoms with E-state index in [1.165, 1.54) is 18.5 Å². The van der Waals surface area contributed by atoms with E-state index in [2.05, 4.69) is 19.9 Å². The molecule has 0 bridgehead atoms. The molecule has 1 aromatic carbocycles. The van der Waals surface area contributed by atoms with Gasteiger partial charge in [-0.15, -0.1) is 0 Å². The van der Waals surface area contributed by atoms with Crippen molar-refractivity contribution in [2.45, 2.75) is 5.54 Å². The lowest BCUT2D eigenvalue weighted by Crippen LogP contribution is -2.30. The van der Waals surface area contributed by atoms with Gasteiger partial charge in [0, 0.05) is 64.2 Å². The van der Waals surface area contributed by atoms with E-state index in [1.54, 1.807) is 54.9 Å². The van der Waals surface area contributed by atoms with Crippen LogP contribution in [0, 0.1) is 17.8 Å². The lowest BCUT2D eigenvalue weighted by atomic mass is 9.75. The first kappa shape index (κ1) is 22.1. The van der Waals surface area contributed by atoms with Crippen molar-refractivity contribution in [3.8, 4) is 33.9 Å². The second-order valence-electron chi connectivity index (χ2n) is 8.83. The second-order valence-corrected chi connectivity index (χ2v) is 8.83. The molecule has 7 nitrogen and oxygen atoms in total. The molecule has 0 radical (unpaired) electrons. The second kappa shape index (κ2) is 7.94. The molecule has 4 aromatic heterocycles. The van der Waals surface area contributed by atoms with Gasteiger partial charge in [-0.05, 0) is 48.0 Å². The molecule has 0 fully saturated rings. The number of aliphatic imine (C=N–C) groups is 1. The summed E-state index contributed by atoms with van der Waals surface area (Å²) in [4.78, 5) is 20.5. The molecule has 0 unspecified atom stereocenters. The molecule has 10 heteroatoms. The van der Waals surface area contributed by atoms with E-state index < -0.39 is 23.4 Å². The Morgan fingerprint density at radius 2 is 1.66 bits per heavy atom. The quantitative estimate of drug-likeness (QED) is 0.332. The first-order chi connectivity index (χ1) is 18.5. The third-order valence-corrected chi connectivity index (χ3v) is 6.77. The number of hydrogen-bond donors (Lipinski definition) is 1. The van der Waals surface area contributed by atoms with Crippen molar-refractivity contribution in [3.63, 3.8) is 0 Å². The maximum absolute atomic E-state index is 15.6. The van der Waals surface area contributed by atoms with Crippen LogP contribution in [0.2, 0.25) is 0 Å². The van der Waals surface area contributed by atoms with Gasteiger partial charge >= 0.3 is 0 Å². The van der Waals surface area contributed by atoms with Gasteiger partial charge in [-0.1, -0.05) is 6.07 Å². The summed E-state index contributed by atoms with van der Waals surface area (Å²) in [6.07, 6.45) is 5.83. The van der Waals surface area contributed by atoms with Gasteiger partial charge in [-0.2, -0.15) is 13.2 Å². The van der Waals surface area contributed by atoms with Crippen LogP contribution in [0.5, 0.6) is 11.5 Å². The van der Waals surface area contributed by atoms with Crippen LogP contribution in [-0.2, 0) is 5.54 Å². The molecule has 184 valence electrons. The van der Waals surface area contributed by atoms with Crippen molar-refractivity contribution >= 4 is 5.84 Å². The molecule has 0 saturated carbocycles. The molecule has 2 N–H and O–H groups in total. The van der Waals surface area contributed by atoms with E-state index in [-0.39, 0.29) is 22.8 Å². The Kier molecular flexibility index (Phi) is 4.62. The number of ether oxygens (including phenoxy) is 1. The lowest BCUT2D eigenvalue weighted by molar-refractivity contribution is 0.385. The molecule has 2 aliphatic rings. The van der Waals surface area contributed by atoms with Crippen molar-refractivity contribution in [2.24, 2.45) is 10.7 Å². The Labute approximate surface area is 213 Å². The van der Waals surface area contributed by atoms with E-state index in [0.717, 1.165) is 6.07 Å². The summed E-state index contributed by atoms with van der Waals surface area (Å²) in [5.74, 6) is -1.93. The molecule has 7 rings (SSSR count). The average Bonchev–Trinajstić information content (AvgIpc) is 3.22. The van der Waals surface area contributed by atoms with E-state index >= 15 is 4.39 Å². The fraction of sp³-hybridized carbons (Fsp3) is 0.0357. The van der Waals surface area contributed by atoms with Crippen molar-refractivity contribution in [2.75, 3.05) is 0 Å². The zero-order valence-electron chi connectivity index (χ0n) is 19.4. The summed E-state index contributed by atoms with van der Waals surface area (Å²) < 4.78 is 50.2. The molecule has 2 aliphatic heterocycles. The summed E-state index contributed by atoms with van der Waals surface area (Å²) in [7, 11) is 0. The van der Waals surface area contributed by atoms with Gasteiger partial charge in [0.2, 0.25) is 11.9 Å².